The summed E-state index contributed by atoms with van der Waals surface area (Å²) in [6, 6.07) is 12.7. The second-order valence-electron chi connectivity index (χ2n) is 5.36. The van der Waals surface area contributed by atoms with Crippen molar-refractivity contribution in [1.82, 2.24) is 5.43 Å². The number of amides is 2. The van der Waals surface area contributed by atoms with E-state index >= 15 is 0 Å². The monoisotopic (exact) mass is 421 g/mol. The predicted octanol–water partition coefficient (Wildman–Crippen LogP) is 4.28. The van der Waals surface area contributed by atoms with Crippen LogP contribution < -0.4 is 10.7 Å². The molecule has 2 amide bonds. The van der Waals surface area contributed by atoms with Gasteiger partial charge in [-0.25, -0.2) is 5.43 Å². The van der Waals surface area contributed by atoms with E-state index in [9.17, 15) is 9.59 Å². The molecule has 0 spiro atoms. The van der Waals surface area contributed by atoms with Crippen LogP contribution in [0.25, 0.3) is 0 Å². The number of nitrogens with zero attached hydrogens (tertiary/aromatic N) is 1. The first-order valence-electron chi connectivity index (χ1n) is 7.57. The summed E-state index contributed by atoms with van der Waals surface area (Å²) < 4.78 is 0.928. The van der Waals surface area contributed by atoms with E-state index in [0.717, 1.165) is 15.6 Å². The van der Waals surface area contributed by atoms with Gasteiger partial charge in [0.25, 0.3) is 0 Å². The van der Waals surface area contributed by atoms with Crippen molar-refractivity contribution in [3.63, 3.8) is 0 Å². The zero-order valence-electron chi connectivity index (χ0n) is 13.6. The van der Waals surface area contributed by atoms with E-state index in [-0.39, 0.29) is 24.7 Å². The standard InChI is InChI=1S/C18H17BrClN3O2/c1-12-9-15(20)5-6-16(12)22-17(24)7-8-18(25)23-21-11-13-3-2-4-14(19)10-13/h2-6,9-11H,7-8H2,1H3,(H,22,24)(H,23,25)/b21-11+. The molecule has 0 aromatic heterocycles. The maximum Gasteiger partial charge on any atom is 0.240 e. The Morgan fingerprint density at radius 3 is 2.64 bits per heavy atom. The summed E-state index contributed by atoms with van der Waals surface area (Å²) in [5.41, 5.74) is 4.81. The quantitative estimate of drug-likeness (QED) is 0.539. The maximum atomic E-state index is 11.9. The summed E-state index contributed by atoms with van der Waals surface area (Å²) in [5, 5.41) is 7.25. The van der Waals surface area contributed by atoms with E-state index in [1.165, 1.54) is 0 Å². The van der Waals surface area contributed by atoms with Crippen LogP contribution in [0.15, 0.2) is 52.0 Å². The fourth-order valence-corrected chi connectivity index (χ4v) is 2.67. The van der Waals surface area contributed by atoms with Crippen molar-refractivity contribution in [2.45, 2.75) is 19.8 Å². The molecule has 0 bridgehead atoms. The van der Waals surface area contributed by atoms with Crippen molar-refractivity contribution < 1.29 is 9.59 Å². The van der Waals surface area contributed by atoms with E-state index in [1.54, 1.807) is 24.4 Å². The molecule has 2 aromatic carbocycles. The van der Waals surface area contributed by atoms with Gasteiger partial charge in [-0.3, -0.25) is 9.59 Å². The summed E-state index contributed by atoms with van der Waals surface area (Å²) in [6.45, 7) is 1.85. The topological polar surface area (TPSA) is 70.6 Å². The first kappa shape index (κ1) is 19.1. The van der Waals surface area contributed by atoms with Crippen LogP contribution in [0, 0.1) is 6.92 Å². The molecule has 25 heavy (non-hydrogen) atoms. The van der Waals surface area contributed by atoms with E-state index < -0.39 is 0 Å². The summed E-state index contributed by atoms with van der Waals surface area (Å²) in [5.74, 6) is -0.564. The molecule has 2 aromatic rings. The second-order valence-corrected chi connectivity index (χ2v) is 6.71. The van der Waals surface area contributed by atoms with E-state index in [4.69, 9.17) is 11.6 Å². The highest BCUT2D eigenvalue weighted by Crippen LogP contribution is 2.19. The normalized spacial score (nSPS) is 10.7. The van der Waals surface area contributed by atoms with E-state index in [1.807, 2.05) is 31.2 Å². The van der Waals surface area contributed by atoms with Gasteiger partial charge in [0.2, 0.25) is 11.8 Å². The number of hydrogen-bond donors (Lipinski definition) is 2. The molecular formula is C18H17BrClN3O2. The molecule has 2 N–H and O–H groups in total. The number of benzene rings is 2. The van der Waals surface area contributed by atoms with Gasteiger partial charge >= 0.3 is 0 Å². The Morgan fingerprint density at radius 1 is 1.16 bits per heavy atom. The number of rotatable bonds is 6. The molecule has 0 unspecified atom stereocenters. The number of hydrazone groups is 1. The summed E-state index contributed by atoms with van der Waals surface area (Å²) in [4.78, 5) is 23.7. The highest BCUT2D eigenvalue weighted by molar-refractivity contribution is 9.10. The van der Waals surface area contributed by atoms with Crippen LogP contribution in [-0.2, 0) is 9.59 Å². The van der Waals surface area contributed by atoms with Crippen LogP contribution in [0.4, 0.5) is 5.69 Å². The largest absolute Gasteiger partial charge is 0.326 e. The van der Waals surface area contributed by atoms with Gasteiger partial charge in [-0.1, -0.05) is 39.7 Å². The molecule has 0 fully saturated rings. The Balaban J connectivity index is 1.76. The third-order valence-corrected chi connectivity index (χ3v) is 4.02. The van der Waals surface area contributed by atoms with Crippen molar-refractivity contribution in [3.8, 4) is 0 Å². The van der Waals surface area contributed by atoms with Crippen molar-refractivity contribution in [3.05, 3.63) is 63.1 Å². The number of hydrogen-bond acceptors (Lipinski definition) is 3. The predicted molar refractivity (Wildman–Crippen MR) is 104 cm³/mol. The maximum absolute atomic E-state index is 11.9. The number of halogens is 2. The van der Waals surface area contributed by atoms with Gasteiger partial charge in [0.1, 0.15) is 0 Å². The minimum Gasteiger partial charge on any atom is -0.326 e. The summed E-state index contributed by atoms with van der Waals surface area (Å²) in [6.07, 6.45) is 1.66. The number of nitrogens with one attached hydrogen (secondary N) is 2. The Labute approximate surface area is 159 Å². The zero-order chi connectivity index (χ0) is 18.2. The highest BCUT2D eigenvalue weighted by Gasteiger charge is 2.08. The number of anilines is 1. The van der Waals surface area contributed by atoms with Gasteiger partial charge < -0.3 is 5.32 Å². The molecule has 0 aliphatic heterocycles. The minimum absolute atomic E-state index is 0.0499. The smallest absolute Gasteiger partial charge is 0.240 e. The molecular weight excluding hydrogens is 406 g/mol. The SMILES string of the molecule is Cc1cc(Cl)ccc1NC(=O)CCC(=O)N/N=C/c1cccc(Br)c1. The average molecular weight is 423 g/mol. The molecule has 0 radical (unpaired) electrons. The molecule has 130 valence electrons. The van der Waals surface area contributed by atoms with Gasteiger partial charge in [-0.15, -0.1) is 0 Å². The van der Waals surface area contributed by atoms with Crippen molar-refractivity contribution in [2.24, 2.45) is 5.10 Å². The number of carbonyl (C=O) groups excluding carboxylic acids is 2. The summed E-state index contributed by atoms with van der Waals surface area (Å²) >= 11 is 9.24. The molecule has 5 nitrogen and oxygen atoms in total. The lowest BCUT2D eigenvalue weighted by molar-refractivity contribution is -0.124. The molecule has 0 aliphatic carbocycles. The molecule has 2 rings (SSSR count). The fourth-order valence-electron chi connectivity index (χ4n) is 2.03. The Morgan fingerprint density at radius 2 is 1.92 bits per heavy atom. The van der Waals surface area contributed by atoms with Gasteiger partial charge in [-0.05, 0) is 48.4 Å². The zero-order valence-corrected chi connectivity index (χ0v) is 15.9. The van der Waals surface area contributed by atoms with Crippen LogP contribution in [0.3, 0.4) is 0 Å². The first-order chi connectivity index (χ1) is 11.9. The lowest BCUT2D eigenvalue weighted by atomic mass is 10.2. The lowest BCUT2D eigenvalue weighted by Gasteiger charge is -2.08. The van der Waals surface area contributed by atoms with Crippen LogP contribution >= 0.6 is 27.5 Å². The molecule has 0 atom stereocenters. The number of aryl methyl sites for hydroxylation is 1. The minimum atomic E-state index is -0.325. The average Bonchev–Trinajstić information content (AvgIpc) is 2.56. The van der Waals surface area contributed by atoms with Crippen molar-refractivity contribution in [1.29, 1.82) is 0 Å². The third kappa shape index (κ3) is 6.68. The van der Waals surface area contributed by atoms with Crippen LogP contribution in [0.2, 0.25) is 5.02 Å². The number of carbonyl (C=O) groups is 2. The third-order valence-electron chi connectivity index (χ3n) is 3.29. The Hall–Kier alpha value is -2.18. The van der Waals surface area contributed by atoms with Crippen LogP contribution in [-0.4, -0.2) is 18.0 Å². The molecule has 0 heterocycles. The molecule has 0 saturated heterocycles. The lowest BCUT2D eigenvalue weighted by Crippen LogP contribution is -2.20. The Bertz CT molecular complexity index is 809. The Kier molecular flexibility index (Phi) is 7.16. The second kappa shape index (κ2) is 9.34. The van der Waals surface area contributed by atoms with Crippen LogP contribution in [0.1, 0.15) is 24.0 Å². The van der Waals surface area contributed by atoms with Crippen LogP contribution in [0.5, 0.6) is 0 Å². The molecule has 0 aliphatic rings. The molecule has 0 saturated carbocycles. The van der Waals surface area contributed by atoms with Gasteiger partial charge in [-0.2, -0.15) is 5.10 Å². The van der Waals surface area contributed by atoms with Gasteiger partial charge in [0, 0.05) is 28.0 Å². The van der Waals surface area contributed by atoms with Gasteiger partial charge in [0.15, 0.2) is 0 Å². The molecule has 7 heteroatoms. The summed E-state index contributed by atoms with van der Waals surface area (Å²) in [7, 11) is 0. The van der Waals surface area contributed by atoms with Crippen molar-refractivity contribution >= 4 is 51.2 Å². The van der Waals surface area contributed by atoms with Gasteiger partial charge in [0.05, 0.1) is 6.21 Å². The van der Waals surface area contributed by atoms with E-state index in [2.05, 4.69) is 31.8 Å². The first-order valence-corrected chi connectivity index (χ1v) is 8.74. The fraction of sp³-hybridized carbons (Fsp3) is 0.167. The van der Waals surface area contributed by atoms with Crippen molar-refractivity contribution in [2.75, 3.05) is 5.32 Å². The van der Waals surface area contributed by atoms with E-state index in [0.29, 0.717) is 10.7 Å². The highest BCUT2D eigenvalue weighted by atomic mass is 79.9.